The molecule has 0 saturated carbocycles. The smallest absolute Gasteiger partial charge is 0.131 e. The van der Waals surface area contributed by atoms with E-state index in [0.717, 1.165) is 44.0 Å². The van der Waals surface area contributed by atoms with E-state index in [1.807, 2.05) is 6.07 Å². The largest absolute Gasteiger partial charge is 0.370 e. The molecule has 2 N–H and O–H groups in total. The van der Waals surface area contributed by atoms with Crippen molar-refractivity contribution < 1.29 is 0 Å². The van der Waals surface area contributed by atoms with E-state index in [0.29, 0.717) is 0 Å². The van der Waals surface area contributed by atoms with Gasteiger partial charge in [0, 0.05) is 19.2 Å². The van der Waals surface area contributed by atoms with Crippen molar-refractivity contribution in [2.24, 2.45) is 0 Å². The number of rotatable bonds is 9. The van der Waals surface area contributed by atoms with E-state index in [1.165, 1.54) is 12.0 Å². The van der Waals surface area contributed by atoms with Gasteiger partial charge in [0.15, 0.2) is 0 Å². The zero-order valence-corrected chi connectivity index (χ0v) is 12.7. The van der Waals surface area contributed by atoms with Gasteiger partial charge in [-0.25, -0.2) is 9.97 Å². The van der Waals surface area contributed by atoms with E-state index < -0.39 is 0 Å². The third-order valence-electron chi connectivity index (χ3n) is 3.29. The van der Waals surface area contributed by atoms with Crippen LogP contribution in [0.15, 0.2) is 42.7 Å². The molecule has 0 saturated heterocycles. The molecule has 0 bridgehead atoms. The van der Waals surface area contributed by atoms with Crippen LogP contribution in [0.5, 0.6) is 0 Å². The van der Waals surface area contributed by atoms with Crippen LogP contribution in [0.25, 0.3) is 0 Å². The fourth-order valence-electron chi connectivity index (χ4n) is 2.10. The normalized spacial score (nSPS) is 10.3. The minimum atomic E-state index is 0.886. The molecule has 112 valence electrons. The van der Waals surface area contributed by atoms with Crippen molar-refractivity contribution in [3.63, 3.8) is 0 Å². The summed E-state index contributed by atoms with van der Waals surface area (Å²) in [5.41, 5.74) is 1.38. The summed E-state index contributed by atoms with van der Waals surface area (Å²) < 4.78 is 0. The van der Waals surface area contributed by atoms with Crippen molar-refractivity contribution >= 4 is 11.6 Å². The molecule has 4 nitrogen and oxygen atoms in total. The molecular weight excluding hydrogens is 260 g/mol. The van der Waals surface area contributed by atoms with Crippen LogP contribution in [0.3, 0.4) is 0 Å². The Labute approximate surface area is 127 Å². The third-order valence-corrected chi connectivity index (χ3v) is 3.29. The lowest BCUT2D eigenvalue weighted by Crippen LogP contribution is -2.07. The molecule has 0 unspecified atom stereocenters. The Kier molecular flexibility index (Phi) is 6.52. The quantitative estimate of drug-likeness (QED) is 0.689. The van der Waals surface area contributed by atoms with Gasteiger partial charge in [0.2, 0.25) is 0 Å². The summed E-state index contributed by atoms with van der Waals surface area (Å²) in [6.45, 7) is 4.06. The van der Waals surface area contributed by atoms with Crippen LogP contribution in [0, 0.1) is 0 Å². The molecule has 1 aromatic heterocycles. The molecule has 4 heteroatoms. The first kappa shape index (κ1) is 15.3. The maximum Gasteiger partial charge on any atom is 0.131 e. The van der Waals surface area contributed by atoms with Crippen LogP contribution in [0.2, 0.25) is 0 Å². The summed E-state index contributed by atoms with van der Waals surface area (Å²) in [4.78, 5) is 8.47. The van der Waals surface area contributed by atoms with Gasteiger partial charge in [-0.15, -0.1) is 0 Å². The molecule has 1 heterocycles. The van der Waals surface area contributed by atoms with Crippen molar-refractivity contribution in [1.82, 2.24) is 9.97 Å². The van der Waals surface area contributed by atoms with Crippen molar-refractivity contribution in [1.29, 1.82) is 0 Å². The zero-order chi connectivity index (χ0) is 14.8. The van der Waals surface area contributed by atoms with Crippen molar-refractivity contribution in [2.75, 3.05) is 23.7 Å². The van der Waals surface area contributed by atoms with Gasteiger partial charge < -0.3 is 10.6 Å². The highest BCUT2D eigenvalue weighted by Crippen LogP contribution is 2.09. The highest BCUT2D eigenvalue weighted by atomic mass is 15.1. The van der Waals surface area contributed by atoms with E-state index in [4.69, 9.17) is 0 Å². The van der Waals surface area contributed by atoms with Crippen LogP contribution < -0.4 is 10.6 Å². The highest BCUT2D eigenvalue weighted by molar-refractivity contribution is 5.46. The molecule has 1 aromatic carbocycles. The minimum Gasteiger partial charge on any atom is -0.370 e. The molecule has 2 rings (SSSR count). The first-order valence-electron chi connectivity index (χ1n) is 7.72. The Hall–Kier alpha value is -2.10. The second-order valence-electron chi connectivity index (χ2n) is 5.08. The number of nitrogens with one attached hydrogen (secondary N) is 2. The lowest BCUT2D eigenvalue weighted by molar-refractivity contribution is 0.829. The average Bonchev–Trinajstić information content (AvgIpc) is 2.53. The van der Waals surface area contributed by atoms with Crippen molar-refractivity contribution in [2.45, 2.75) is 32.6 Å². The summed E-state index contributed by atoms with van der Waals surface area (Å²) in [5, 5.41) is 6.67. The van der Waals surface area contributed by atoms with Gasteiger partial charge in [-0.2, -0.15) is 0 Å². The van der Waals surface area contributed by atoms with E-state index >= 15 is 0 Å². The van der Waals surface area contributed by atoms with Gasteiger partial charge in [0.05, 0.1) is 0 Å². The second-order valence-corrected chi connectivity index (χ2v) is 5.08. The van der Waals surface area contributed by atoms with Crippen LogP contribution in [-0.4, -0.2) is 23.1 Å². The Morgan fingerprint density at radius 1 is 0.905 bits per heavy atom. The summed E-state index contributed by atoms with van der Waals surface area (Å²) in [6, 6.07) is 12.5. The lowest BCUT2D eigenvalue weighted by Gasteiger charge is -2.08. The van der Waals surface area contributed by atoms with Gasteiger partial charge >= 0.3 is 0 Å². The van der Waals surface area contributed by atoms with E-state index in [1.54, 1.807) is 6.33 Å². The highest BCUT2D eigenvalue weighted by Gasteiger charge is 1.98. The van der Waals surface area contributed by atoms with E-state index in [-0.39, 0.29) is 0 Å². The summed E-state index contributed by atoms with van der Waals surface area (Å²) >= 11 is 0. The maximum absolute atomic E-state index is 4.25. The fraction of sp³-hybridized carbons (Fsp3) is 0.412. The molecule has 0 spiro atoms. The minimum absolute atomic E-state index is 0.886. The van der Waals surface area contributed by atoms with E-state index in [2.05, 4.69) is 57.9 Å². The Morgan fingerprint density at radius 3 is 2.24 bits per heavy atom. The topological polar surface area (TPSA) is 49.8 Å². The number of nitrogens with zero attached hydrogens (tertiary/aromatic N) is 2. The van der Waals surface area contributed by atoms with Crippen LogP contribution in [0.1, 0.15) is 31.7 Å². The standard InChI is InChI=1S/C17H24N4/c1-2-3-11-18-16-13-17(21-14-20-16)19-12-7-10-15-8-5-4-6-9-15/h4-6,8-9,13-14H,2-3,7,10-12H2,1H3,(H2,18,19,20,21). The average molecular weight is 284 g/mol. The summed E-state index contributed by atoms with van der Waals surface area (Å²) in [6.07, 6.45) is 6.12. The first-order valence-corrected chi connectivity index (χ1v) is 7.72. The summed E-state index contributed by atoms with van der Waals surface area (Å²) in [7, 11) is 0. The van der Waals surface area contributed by atoms with Gasteiger partial charge in [-0.3, -0.25) is 0 Å². The van der Waals surface area contributed by atoms with E-state index in [9.17, 15) is 0 Å². The van der Waals surface area contributed by atoms with Gasteiger partial charge in [-0.05, 0) is 24.8 Å². The number of unbranched alkanes of at least 4 members (excludes halogenated alkanes) is 1. The van der Waals surface area contributed by atoms with Gasteiger partial charge in [0.1, 0.15) is 18.0 Å². The Bertz CT molecular complexity index is 513. The molecule has 2 aromatic rings. The number of hydrogen-bond donors (Lipinski definition) is 2. The number of hydrogen-bond acceptors (Lipinski definition) is 4. The molecule has 0 radical (unpaired) electrons. The number of benzene rings is 1. The number of aryl methyl sites for hydroxylation is 1. The van der Waals surface area contributed by atoms with Crippen LogP contribution >= 0.6 is 0 Å². The Morgan fingerprint density at radius 2 is 1.57 bits per heavy atom. The van der Waals surface area contributed by atoms with Crippen molar-refractivity contribution in [3.8, 4) is 0 Å². The predicted octanol–water partition coefficient (Wildman–Crippen LogP) is 3.73. The molecule has 21 heavy (non-hydrogen) atoms. The lowest BCUT2D eigenvalue weighted by atomic mass is 10.1. The fourth-order valence-corrected chi connectivity index (χ4v) is 2.10. The number of anilines is 2. The number of aromatic nitrogens is 2. The zero-order valence-electron chi connectivity index (χ0n) is 12.7. The third kappa shape index (κ3) is 5.81. The molecule has 0 aliphatic rings. The molecule has 0 atom stereocenters. The maximum atomic E-state index is 4.25. The molecule has 0 aliphatic carbocycles. The van der Waals surface area contributed by atoms with Crippen LogP contribution in [-0.2, 0) is 6.42 Å². The molecule has 0 aliphatic heterocycles. The Balaban J connectivity index is 1.71. The molecule has 0 fully saturated rings. The second kappa shape index (κ2) is 8.95. The predicted molar refractivity (Wildman–Crippen MR) is 88.7 cm³/mol. The molecule has 0 amide bonds. The monoisotopic (exact) mass is 284 g/mol. The van der Waals surface area contributed by atoms with Crippen LogP contribution in [0.4, 0.5) is 11.6 Å². The van der Waals surface area contributed by atoms with Gasteiger partial charge in [0.25, 0.3) is 0 Å². The summed E-state index contributed by atoms with van der Waals surface area (Å²) in [5.74, 6) is 1.78. The first-order chi connectivity index (χ1) is 10.4. The van der Waals surface area contributed by atoms with Gasteiger partial charge in [-0.1, -0.05) is 43.7 Å². The molecular formula is C17H24N4. The van der Waals surface area contributed by atoms with Crippen molar-refractivity contribution in [3.05, 3.63) is 48.3 Å². The SMILES string of the molecule is CCCCNc1cc(NCCCc2ccccc2)ncn1.